The van der Waals surface area contributed by atoms with Crippen molar-refractivity contribution in [2.24, 2.45) is 13.0 Å². The van der Waals surface area contributed by atoms with E-state index in [1.54, 1.807) is 30.1 Å². The van der Waals surface area contributed by atoms with E-state index < -0.39 is 0 Å². The molecule has 0 bridgehead atoms. The summed E-state index contributed by atoms with van der Waals surface area (Å²) in [6.07, 6.45) is 2.40. The van der Waals surface area contributed by atoms with E-state index in [4.69, 9.17) is 16.3 Å². The number of benzene rings is 1. The minimum Gasteiger partial charge on any atom is -0.492 e. The first-order valence-electron chi connectivity index (χ1n) is 6.33. The van der Waals surface area contributed by atoms with Crippen LogP contribution >= 0.6 is 11.6 Å². The summed E-state index contributed by atoms with van der Waals surface area (Å²) in [6.45, 7) is 0.368. The van der Waals surface area contributed by atoms with Crippen molar-refractivity contribution in [2.75, 3.05) is 11.9 Å². The Balaban J connectivity index is 1.71. The van der Waals surface area contributed by atoms with E-state index in [0.29, 0.717) is 23.9 Å². The molecule has 1 amide bonds. The number of nitrogens with one attached hydrogen (secondary N) is 1. The van der Waals surface area contributed by atoms with Crippen molar-refractivity contribution in [1.82, 2.24) is 9.78 Å². The van der Waals surface area contributed by atoms with Gasteiger partial charge in [-0.25, -0.2) is 0 Å². The normalized spacial score (nSPS) is 17.2. The Hall–Kier alpha value is -2.01. The van der Waals surface area contributed by atoms with Gasteiger partial charge in [0, 0.05) is 24.3 Å². The van der Waals surface area contributed by atoms with Gasteiger partial charge in [-0.1, -0.05) is 11.6 Å². The third-order valence-corrected chi connectivity index (χ3v) is 3.50. The highest BCUT2D eigenvalue weighted by Gasteiger charge is 2.26. The molecule has 1 N–H and O–H groups in total. The number of amides is 1. The molecule has 3 rings (SSSR count). The third kappa shape index (κ3) is 2.63. The molecule has 0 saturated heterocycles. The fraction of sp³-hybridized carbons (Fsp3) is 0.286. The zero-order valence-electron chi connectivity index (χ0n) is 11.0. The summed E-state index contributed by atoms with van der Waals surface area (Å²) in [5, 5.41) is 7.57. The van der Waals surface area contributed by atoms with Crippen LogP contribution in [0.15, 0.2) is 30.5 Å². The molecule has 6 heteroatoms. The Labute approximate surface area is 121 Å². The number of carbonyl (C=O) groups is 1. The molecule has 1 aliphatic rings. The van der Waals surface area contributed by atoms with Crippen molar-refractivity contribution >= 4 is 23.3 Å². The van der Waals surface area contributed by atoms with Crippen LogP contribution < -0.4 is 10.1 Å². The number of rotatable bonds is 2. The summed E-state index contributed by atoms with van der Waals surface area (Å²) in [4.78, 5) is 12.2. The van der Waals surface area contributed by atoms with Gasteiger partial charge >= 0.3 is 0 Å². The fourth-order valence-electron chi connectivity index (χ4n) is 2.24. The van der Waals surface area contributed by atoms with Crippen LogP contribution in [0, 0.1) is 5.92 Å². The van der Waals surface area contributed by atoms with Crippen LogP contribution in [0.1, 0.15) is 5.56 Å². The first-order chi connectivity index (χ1) is 9.61. The number of aromatic nitrogens is 2. The molecule has 20 heavy (non-hydrogen) atoms. The SMILES string of the molecule is Cn1ccc(NC(=O)[C@@H]2COc3ccc(Cl)cc3C2)n1. The Morgan fingerprint density at radius 1 is 1.50 bits per heavy atom. The number of hydrogen-bond acceptors (Lipinski definition) is 3. The predicted octanol–water partition coefficient (Wildman–Crippen LogP) is 2.26. The zero-order chi connectivity index (χ0) is 14.1. The number of fused-ring (bicyclic) bond motifs is 1. The number of carbonyl (C=O) groups excluding carboxylic acids is 1. The lowest BCUT2D eigenvalue weighted by molar-refractivity contribution is -0.121. The van der Waals surface area contributed by atoms with E-state index >= 15 is 0 Å². The smallest absolute Gasteiger partial charge is 0.232 e. The summed E-state index contributed by atoms with van der Waals surface area (Å²) >= 11 is 5.97. The molecule has 1 aliphatic heterocycles. The van der Waals surface area contributed by atoms with Gasteiger partial charge in [-0.15, -0.1) is 0 Å². The van der Waals surface area contributed by atoms with Gasteiger partial charge in [0.1, 0.15) is 12.4 Å². The Morgan fingerprint density at radius 2 is 2.35 bits per heavy atom. The lowest BCUT2D eigenvalue weighted by atomic mass is 9.96. The van der Waals surface area contributed by atoms with Crippen molar-refractivity contribution in [3.8, 4) is 5.75 Å². The average molecular weight is 292 g/mol. The minimum atomic E-state index is -0.233. The second-order valence-corrected chi connectivity index (χ2v) is 5.26. The van der Waals surface area contributed by atoms with Crippen LogP contribution in [0.5, 0.6) is 5.75 Å². The second kappa shape index (κ2) is 5.17. The summed E-state index contributed by atoms with van der Waals surface area (Å²) in [5.41, 5.74) is 0.963. The standard InChI is InChI=1S/C14H14ClN3O2/c1-18-5-4-13(17-18)16-14(19)10-6-9-7-11(15)2-3-12(9)20-8-10/h2-5,7,10H,6,8H2,1H3,(H,16,17,19)/t10-/m0/s1. The fourth-order valence-corrected chi connectivity index (χ4v) is 2.44. The molecule has 0 aliphatic carbocycles. The van der Waals surface area contributed by atoms with E-state index in [1.165, 1.54) is 0 Å². The van der Waals surface area contributed by atoms with Gasteiger partial charge in [-0.2, -0.15) is 5.10 Å². The molecule has 0 saturated carbocycles. The number of anilines is 1. The summed E-state index contributed by atoms with van der Waals surface area (Å²) in [6, 6.07) is 7.22. The molecule has 0 unspecified atom stereocenters. The van der Waals surface area contributed by atoms with Crippen molar-refractivity contribution in [1.29, 1.82) is 0 Å². The van der Waals surface area contributed by atoms with Crippen LogP contribution in [0.4, 0.5) is 5.82 Å². The van der Waals surface area contributed by atoms with Gasteiger partial charge in [-0.05, 0) is 30.2 Å². The first-order valence-corrected chi connectivity index (χ1v) is 6.71. The van der Waals surface area contributed by atoms with E-state index in [-0.39, 0.29) is 11.8 Å². The van der Waals surface area contributed by atoms with E-state index in [9.17, 15) is 4.79 Å². The maximum atomic E-state index is 12.2. The average Bonchev–Trinajstić information content (AvgIpc) is 2.83. The maximum Gasteiger partial charge on any atom is 0.232 e. The molecule has 1 atom stereocenters. The highest BCUT2D eigenvalue weighted by atomic mass is 35.5. The van der Waals surface area contributed by atoms with Crippen LogP contribution in [0.2, 0.25) is 5.02 Å². The number of hydrogen-bond donors (Lipinski definition) is 1. The second-order valence-electron chi connectivity index (χ2n) is 4.83. The van der Waals surface area contributed by atoms with E-state index in [0.717, 1.165) is 11.3 Å². The van der Waals surface area contributed by atoms with Crippen LogP contribution in [0.3, 0.4) is 0 Å². The highest BCUT2D eigenvalue weighted by molar-refractivity contribution is 6.30. The van der Waals surface area contributed by atoms with Gasteiger partial charge in [-0.3, -0.25) is 9.48 Å². The lowest BCUT2D eigenvalue weighted by Crippen LogP contribution is -2.32. The Morgan fingerprint density at radius 3 is 3.10 bits per heavy atom. The summed E-state index contributed by atoms with van der Waals surface area (Å²) in [7, 11) is 1.80. The van der Waals surface area contributed by atoms with Gasteiger partial charge < -0.3 is 10.1 Å². The first kappa shape index (κ1) is 13.0. The molecule has 0 spiro atoms. The Kier molecular flexibility index (Phi) is 3.36. The zero-order valence-corrected chi connectivity index (χ0v) is 11.7. The largest absolute Gasteiger partial charge is 0.492 e. The van der Waals surface area contributed by atoms with Gasteiger partial charge in [0.2, 0.25) is 5.91 Å². The van der Waals surface area contributed by atoms with E-state index in [2.05, 4.69) is 10.4 Å². The predicted molar refractivity (Wildman–Crippen MR) is 76.0 cm³/mol. The number of nitrogens with zero attached hydrogens (tertiary/aromatic N) is 2. The lowest BCUT2D eigenvalue weighted by Gasteiger charge is -2.24. The number of ether oxygens (including phenoxy) is 1. The minimum absolute atomic E-state index is 0.0886. The van der Waals surface area contributed by atoms with Crippen LogP contribution in [-0.4, -0.2) is 22.3 Å². The molecular formula is C14H14ClN3O2. The number of aryl methyl sites for hydroxylation is 1. The molecule has 2 heterocycles. The molecule has 0 radical (unpaired) electrons. The van der Waals surface area contributed by atoms with Crippen LogP contribution in [-0.2, 0) is 18.3 Å². The molecule has 5 nitrogen and oxygen atoms in total. The van der Waals surface area contributed by atoms with Gasteiger partial charge in [0.15, 0.2) is 5.82 Å². The van der Waals surface area contributed by atoms with Crippen molar-refractivity contribution in [2.45, 2.75) is 6.42 Å². The van der Waals surface area contributed by atoms with Crippen LogP contribution in [0.25, 0.3) is 0 Å². The molecule has 1 aromatic carbocycles. The topological polar surface area (TPSA) is 56.2 Å². The Bertz CT molecular complexity index is 654. The third-order valence-electron chi connectivity index (χ3n) is 3.26. The monoisotopic (exact) mass is 291 g/mol. The summed E-state index contributed by atoms with van der Waals surface area (Å²) < 4.78 is 7.25. The number of halogens is 1. The summed E-state index contributed by atoms with van der Waals surface area (Å²) in [5.74, 6) is 1.03. The van der Waals surface area contributed by atoms with Crippen molar-refractivity contribution in [3.63, 3.8) is 0 Å². The molecule has 2 aromatic rings. The highest BCUT2D eigenvalue weighted by Crippen LogP contribution is 2.30. The van der Waals surface area contributed by atoms with E-state index in [1.807, 2.05) is 12.1 Å². The molecule has 104 valence electrons. The van der Waals surface area contributed by atoms with Gasteiger partial charge in [0.25, 0.3) is 0 Å². The maximum absolute atomic E-state index is 12.2. The molecule has 1 aromatic heterocycles. The quantitative estimate of drug-likeness (QED) is 0.923. The molecular weight excluding hydrogens is 278 g/mol. The molecule has 0 fully saturated rings. The van der Waals surface area contributed by atoms with Gasteiger partial charge in [0.05, 0.1) is 5.92 Å². The van der Waals surface area contributed by atoms with Crippen molar-refractivity contribution < 1.29 is 9.53 Å². The van der Waals surface area contributed by atoms with Crippen molar-refractivity contribution in [3.05, 3.63) is 41.0 Å².